The summed E-state index contributed by atoms with van der Waals surface area (Å²) in [5, 5.41) is 8.67. The topological polar surface area (TPSA) is 78.9 Å². The fourth-order valence-electron chi connectivity index (χ4n) is 1.38. The number of para-hydroxylation sites is 2. The van der Waals surface area contributed by atoms with E-state index in [1.165, 1.54) is 31.3 Å². The number of halogens is 2. The van der Waals surface area contributed by atoms with E-state index in [0.717, 1.165) is 4.31 Å². The van der Waals surface area contributed by atoms with Crippen LogP contribution in [0.15, 0.2) is 24.3 Å². The summed E-state index contributed by atoms with van der Waals surface area (Å²) in [5.41, 5.74) is -0.0800. The predicted octanol–water partition coefficient (Wildman–Crippen LogP) is 1.26. The van der Waals surface area contributed by atoms with E-state index >= 15 is 0 Å². The number of alkyl halides is 2. The van der Waals surface area contributed by atoms with Crippen LogP contribution in [0, 0.1) is 0 Å². The number of anilines is 1. The third kappa shape index (κ3) is 4.91. The molecule has 0 aliphatic carbocycles. The fourth-order valence-corrected chi connectivity index (χ4v) is 2.35. The van der Waals surface area contributed by atoms with Crippen LogP contribution in [0.1, 0.15) is 6.42 Å². The smallest absolute Gasteiger partial charge is 0.387 e. The molecule has 0 radical (unpaired) electrons. The molecule has 0 unspecified atom stereocenters. The highest BCUT2D eigenvalue weighted by atomic mass is 32.2. The zero-order chi connectivity index (χ0) is 15.2. The molecule has 0 aromatic heterocycles. The van der Waals surface area contributed by atoms with Crippen LogP contribution in [0.25, 0.3) is 0 Å². The van der Waals surface area contributed by atoms with E-state index in [1.54, 1.807) is 0 Å². The number of benzene rings is 1. The summed E-state index contributed by atoms with van der Waals surface area (Å²) in [6.07, 6.45) is 0.270. The van der Waals surface area contributed by atoms with Crippen LogP contribution < -0.4 is 9.46 Å². The van der Waals surface area contributed by atoms with Crippen LogP contribution in [0.4, 0.5) is 14.5 Å². The van der Waals surface area contributed by atoms with Crippen molar-refractivity contribution in [2.45, 2.75) is 13.0 Å². The Hall–Kier alpha value is -1.45. The van der Waals surface area contributed by atoms with Crippen molar-refractivity contribution in [1.82, 2.24) is 4.31 Å². The molecule has 9 heteroatoms. The maximum Gasteiger partial charge on any atom is 0.387 e. The van der Waals surface area contributed by atoms with E-state index in [0.29, 0.717) is 0 Å². The van der Waals surface area contributed by atoms with Gasteiger partial charge in [-0.05, 0) is 18.6 Å². The maximum absolute atomic E-state index is 12.2. The van der Waals surface area contributed by atoms with Gasteiger partial charge in [-0.25, -0.2) is 0 Å². The van der Waals surface area contributed by atoms with Crippen LogP contribution in [0.2, 0.25) is 0 Å². The summed E-state index contributed by atoms with van der Waals surface area (Å²) in [6, 6.07) is 5.49. The molecule has 0 fully saturated rings. The number of hydrogen-bond acceptors (Lipinski definition) is 4. The van der Waals surface area contributed by atoms with Crippen LogP contribution in [-0.4, -0.2) is 44.6 Å². The normalized spacial score (nSPS) is 11.9. The summed E-state index contributed by atoms with van der Waals surface area (Å²) in [4.78, 5) is 0. The average Bonchev–Trinajstić information content (AvgIpc) is 2.37. The lowest BCUT2D eigenvalue weighted by atomic mass is 10.3. The minimum atomic E-state index is -3.90. The van der Waals surface area contributed by atoms with Gasteiger partial charge in [-0.1, -0.05) is 12.1 Å². The van der Waals surface area contributed by atoms with Crippen molar-refractivity contribution in [2.24, 2.45) is 0 Å². The largest absolute Gasteiger partial charge is 0.433 e. The number of nitrogens with zero attached hydrogens (tertiary/aromatic N) is 1. The first-order valence-corrected chi connectivity index (χ1v) is 7.19. The molecule has 0 bridgehead atoms. The fraction of sp³-hybridized carbons (Fsp3) is 0.455. The number of rotatable bonds is 8. The van der Waals surface area contributed by atoms with Gasteiger partial charge in [0, 0.05) is 20.2 Å². The third-order valence-corrected chi connectivity index (χ3v) is 3.86. The van der Waals surface area contributed by atoms with Gasteiger partial charge in [0.15, 0.2) is 0 Å². The summed E-state index contributed by atoms with van der Waals surface area (Å²) < 4.78 is 55.7. The van der Waals surface area contributed by atoms with Crippen LogP contribution >= 0.6 is 0 Å². The maximum atomic E-state index is 12.2. The molecule has 0 aliphatic rings. The molecule has 0 atom stereocenters. The highest BCUT2D eigenvalue weighted by Crippen LogP contribution is 2.26. The van der Waals surface area contributed by atoms with E-state index in [1.807, 2.05) is 0 Å². The Morgan fingerprint density at radius 3 is 2.65 bits per heavy atom. The van der Waals surface area contributed by atoms with Crippen LogP contribution in [0.5, 0.6) is 5.75 Å². The van der Waals surface area contributed by atoms with Crippen molar-refractivity contribution in [1.29, 1.82) is 0 Å². The summed E-state index contributed by atoms with van der Waals surface area (Å²) in [7, 11) is -2.58. The average molecular weight is 310 g/mol. The Balaban J connectivity index is 2.86. The standard InChI is InChI=1S/C11H16F2N2O4S/c1-15(7-4-8-16)20(17,18)14-9-5-2-3-6-10(9)19-11(12)13/h2-3,5-6,11,14,16H,4,7-8H2,1H3. The highest BCUT2D eigenvalue weighted by molar-refractivity contribution is 7.90. The van der Waals surface area contributed by atoms with E-state index < -0.39 is 16.8 Å². The highest BCUT2D eigenvalue weighted by Gasteiger charge is 2.19. The predicted molar refractivity (Wildman–Crippen MR) is 69.9 cm³/mol. The Kier molecular flexibility index (Phi) is 6.11. The van der Waals surface area contributed by atoms with Crippen molar-refractivity contribution in [3.63, 3.8) is 0 Å². The van der Waals surface area contributed by atoms with Gasteiger partial charge in [0.2, 0.25) is 0 Å². The lowest BCUT2D eigenvalue weighted by Gasteiger charge is -2.19. The molecular weight excluding hydrogens is 294 g/mol. The number of aliphatic hydroxyl groups is 1. The minimum absolute atomic E-state index is 0.0800. The van der Waals surface area contributed by atoms with Crippen LogP contribution in [-0.2, 0) is 10.2 Å². The van der Waals surface area contributed by atoms with E-state index in [4.69, 9.17) is 5.11 Å². The first-order chi connectivity index (χ1) is 9.36. The van der Waals surface area contributed by atoms with Crippen molar-refractivity contribution < 1.29 is 27.0 Å². The molecule has 1 aromatic carbocycles. The molecule has 114 valence electrons. The van der Waals surface area contributed by atoms with E-state index in [-0.39, 0.29) is 31.0 Å². The molecule has 1 aromatic rings. The zero-order valence-corrected chi connectivity index (χ0v) is 11.6. The summed E-state index contributed by atoms with van der Waals surface area (Å²) in [5.74, 6) is -0.262. The van der Waals surface area contributed by atoms with Crippen LogP contribution in [0.3, 0.4) is 0 Å². The van der Waals surface area contributed by atoms with Gasteiger partial charge in [-0.15, -0.1) is 0 Å². The lowest BCUT2D eigenvalue weighted by molar-refractivity contribution is -0.0493. The second-order valence-corrected chi connectivity index (χ2v) is 5.66. The Morgan fingerprint density at radius 1 is 1.40 bits per heavy atom. The number of ether oxygens (including phenoxy) is 1. The second kappa shape index (κ2) is 7.36. The molecule has 20 heavy (non-hydrogen) atoms. The first kappa shape index (κ1) is 16.6. The molecular formula is C11H16F2N2O4S. The number of nitrogens with one attached hydrogen (secondary N) is 1. The van der Waals surface area contributed by atoms with Gasteiger partial charge >= 0.3 is 16.8 Å². The van der Waals surface area contributed by atoms with Crippen molar-refractivity contribution in [2.75, 3.05) is 24.9 Å². The SMILES string of the molecule is CN(CCCO)S(=O)(=O)Nc1ccccc1OC(F)F. The van der Waals surface area contributed by atoms with Gasteiger partial charge in [0.05, 0.1) is 5.69 Å². The quantitative estimate of drug-likeness (QED) is 0.757. The molecule has 0 amide bonds. The summed E-state index contributed by atoms with van der Waals surface area (Å²) >= 11 is 0. The Bertz CT molecular complexity index is 525. The monoisotopic (exact) mass is 310 g/mol. The molecule has 2 N–H and O–H groups in total. The van der Waals surface area contributed by atoms with Crippen molar-refractivity contribution in [3.05, 3.63) is 24.3 Å². The Morgan fingerprint density at radius 2 is 2.05 bits per heavy atom. The van der Waals surface area contributed by atoms with E-state index in [2.05, 4.69) is 9.46 Å². The van der Waals surface area contributed by atoms with Gasteiger partial charge in [-0.3, -0.25) is 4.72 Å². The molecule has 0 saturated carbocycles. The number of hydrogen-bond donors (Lipinski definition) is 2. The first-order valence-electron chi connectivity index (χ1n) is 5.75. The van der Waals surface area contributed by atoms with Crippen molar-refractivity contribution >= 4 is 15.9 Å². The molecule has 0 spiro atoms. The zero-order valence-electron chi connectivity index (χ0n) is 10.8. The van der Waals surface area contributed by atoms with Gasteiger partial charge in [0.25, 0.3) is 0 Å². The third-order valence-electron chi connectivity index (χ3n) is 2.38. The molecule has 6 nitrogen and oxygen atoms in total. The minimum Gasteiger partial charge on any atom is -0.433 e. The molecule has 0 heterocycles. The molecule has 0 saturated heterocycles. The summed E-state index contributed by atoms with van der Waals surface area (Å²) in [6.45, 7) is -3.10. The molecule has 0 aliphatic heterocycles. The van der Waals surface area contributed by atoms with Gasteiger partial charge in [0.1, 0.15) is 5.75 Å². The Labute approximate surface area is 116 Å². The molecule has 1 rings (SSSR count). The lowest BCUT2D eigenvalue weighted by Crippen LogP contribution is -2.33. The van der Waals surface area contributed by atoms with Gasteiger partial charge < -0.3 is 9.84 Å². The van der Waals surface area contributed by atoms with Crippen molar-refractivity contribution in [3.8, 4) is 5.75 Å². The second-order valence-electron chi connectivity index (χ2n) is 3.88. The van der Waals surface area contributed by atoms with Gasteiger partial charge in [-0.2, -0.15) is 21.5 Å². The number of aliphatic hydroxyl groups excluding tert-OH is 1. The van der Waals surface area contributed by atoms with E-state index in [9.17, 15) is 17.2 Å².